The van der Waals surface area contributed by atoms with E-state index in [9.17, 15) is 9.90 Å². The lowest BCUT2D eigenvalue weighted by atomic mass is 9.88. The van der Waals surface area contributed by atoms with Crippen molar-refractivity contribution in [3.8, 4) is 0 Å². The minimum Gasteiger partial charge on any atom is -0.394 e. The van der Waals surface area contributed by atoms with Crippen LogP contribution in [0, 0.1) is 0 Å². The van der Waals surface area contributed by atoms with Gasteiger partial charge in [-0.3, -0.25) is 4.79 Å². The van der Waals surface area contributed by atoms with Crippen molar-refractivity contribution >= 4 is 22.8 Å². The van der Waals surface area contributed by atoms with Crippen LogP contribution in [0.2, 0.25) is 0 Å². The zero-order valence-electron chi connectivity index (χ0n) is 16.7. The van der Waals surface area contributed by atoms with E-state index in [2.05, 4.69) is 20.4 Å². The highest BCUT2D eigenvalue weighted by Gasteiger charge is 2.35. The number of benzene rings is 1. The van der Waals surface area contributed by atoms with Gasteiger partial charge in [-0.25, -0.2) is 14.6 Å². The van der Waals surface area contributed by atoms with E-state index in [0.29, 0.717) is 17.0 Å². The van der Waals surface area contributed by atoms with Gasteiger partial charge in [-0.2, -0.15) is 5.10 Å². The topological polar surface area (TPSA) is 139 Å². The molecule has 0 radical (unpaired) electrons. The van der Waals surface area contributed by atoms with Crippen LogP contribution in [0.4, 0.5) is 5.82 Å². The van der Waals surface area contributed by atoms with E-state index in [-0.39, 0.29) is 18.7 Å². The van der Waals surface area contributed by atoms with Crippen LogP contribution in [0.25, 0.3) is 11.0 Å². The molecule has 30 heavy (non-hydrogen) atoms. The predicted octanol–water partition coefficient (Wildman–Crippen LogP) is 1.25. The first-order valence-corrected chi connectivity index (χ1v) is 10.1. The van der Waals surface area contributed by atoms with E-state index >= 15 is 0 Å². The molecule has 0 spiro atoms. The van der Waals surface area contributed by atoms with Gasteiger partial charge in [-0.15, -0.1) is 0 Å². The molecule has 2 aromatic heterocycles. The first-order chi connectivity index (χ1) is 14.5. The molecule has 9 nitrogen and oxygen atoms in total. The molecule has 5 N–H and O–H groups in total. The minimum atomic E-state index is -0.904. The van der Waals surface area contributed by atoms with E-state index < -0.39 is 12.0 Å². The van der Waals surface area contributed by atoms with E-state index in [1.54, 1.807) is 16.9 Å². The van der Waals surface area contributed by atoms with Gasteiger partial charge in [0.1, 0.15) is 12.1 Å². The number of anilines is 1. The molecule has 1 aliphatic rings. The van der Waals surface area contributed by atoms with Crippen LogP contribution in [0.15, 0.2) is 36.8 Å². The quantitative estimate of drug-likeness (QED) is 0.438. The fourth-order valence-corrected chi connectivity index (χ4v) is 4.26. The Morgan fingerprint density at radius 3 is 2.83 bits per heavy atom. The molecule has 1 aliphatic carbocycles. The molecular weight excluding hydrogens is 384 g/mol. The maximum Gasteiger partial charge on any atom is 0.248 e. The molecule has 1 saturated carbocycles. The zero-order valence-corrected chi connectivity index (χ0v) is 16.7. The Morgan fingerprint density at radius 2 is 2.10 bits per heavy atom. The number of aliphatic hydroxyl groups is 2. The normalized spacial score (nSPS) is 16.6. The molecule has 0 bridgehead atoms. The Bertz CT molecular complexity index is 1040. The molecule has 9 heteroatoms. The summed E-state index contributed by atoms with van der Waals surface area (Å²) in [6.45, 7) is -0.188. The standard InChI is InChI=1S/C21H26N6O3/c22-18(30)15-5-3-4-14(8-15)9-21(6-1-2-7-21)26-19-17-10-25-27(11-16(29)12-28)20(17)24-13-23-19/h3-5,8,10,13,16,28-29H,1-2,6-7,9,11-12H2,(H2,22,30)(H,23,24,26). The van der Waals surface area contributed by atoms with Gasteiger partial charge in [0, 0.05) is 11.1 Å². The molecule has 0 saturated heterocycles. The maximum absolute atomic E-state index is 11.6. The third-order valence-electron chi connectivity index (χ3n) is 5.73. The lowest BCUT2D eigenvalue weighted by molar-refractivity contribution is 0.0792. The van der Waals surface area contributed by atoms with Crippen molar-refractivity contribution in [2.45, 2.75) is 50.3 Å². The second-order valence-corrected chi connectivity index (χ2v) is 7.98. The van der Waals surface area contributed by atoms with Crippen LogP contribution in [0.3, 0.4) is 0 Å². The highest BCUT2D eigenvalue weighted by Crippen LogP contribution is 2.37. The lowest BCUT2D eigenvalue weighted by Crippen LogP contribution is -2.38. The number of aromatic nitrogens is 4. The Kier molecular flexibility index (Phi) is 5.65. The fraction of sp³-hybridized carbons (Fsp3) is 0.429. The number of primary amides is 1. The average Bonchev–Trinajstić information content (AvgIpc) is 3.36. The summed E-state index contributed by atoms with van der Waals surface area (Å²) < 4.78 is 1.57. The summed E-state index contributed by atoms with van der Waals surface area (Å²) in [5, 5.41) is 27.6. The van der Waals surface area contributed by atoms with Crippen LogP contribution in [0.5, 0.6) is 0 Å². The Morgan fingerprint density at radius 1 is 1.30 bits per heavy atom. The van der Waals surface area contributed by atoms with Crippen LogP contribution >= 0.6 is 0 Å². The van der Waals surface area contributed by atoms with Gasteiger partial charge in [0.2, 0.25) is 5.91 Å². The van der Waals surface area contributed by atoms with E-state index in [1.165, 1.54) is 6.33 Å². The van der Waals surface area contributed by atoms with Crippen molar-refractivity contribution < 1.29 is 15.0 Å². The van der Waals surface area contributed by atoms with Crippen molar-refractivity contribution in [2.24, 2.45) is 5.73 Å². The number of fused-ring (bicyclic) bond motifs is 1. The van der Waals surface area contributed by atoms with Gasteiger partial charge in [0.25, 0.3) is 0 Å². The van der Waals surface area contributed by atoms with Crippen molar-refractivity contribution in [2.75, 3.05) is 11.9 Å². The summed E-state index contributed by atoms with van der Waals surface area (Å²) in [5.74, 6) is 0.262. The van der Waals surface area contributed by atoms with E-state index in [1.807, 2.05) is 18.2 Å². The van der Waals surface area contributed by atoms with E-state index in [4.69, 9.17) is 10.8 Å². The van der Waals surface area contributed by atoms with Gasteiger partial charge in [-0.1, -0.05) is 25.0 Å². The number of carbonyl (C=O) groups excluding carboxylic acids is 1. The van der Waals surface area contributed by atoms with Gasteiger partial charge in [0.05, 0.1) is 30.8 Å². The summed E-state index contributed by atoms with van der Waals surface area (Å²) in [6.07, 6.45) is 7.18. The highest BCUT2D eigenvalue weighted by molar-refractivity contribution is 5.93. The van der Waals surface area contributed by atoms with Crippen molar-refractivity contribution in [1.82, 2.24) is 19.7 Å². The van der Waals surface area contributed by atoms with E-state index in [0.717, 1.165) is 43.1 Å². The third-order valence-corrected chi connectivity index (χ3v) is 5.73. The molecule has 1 unspecified atom stereocenters. The molecule has 158 valence electrons. The molecular formula is C21H26N6O3. The predicted molar refractivity (Wildman–Crippen MR) is 112 cm³/mol. The SMILES string of the molecule is NC(=O)c1cccc(CC2(Nc3ncnc4c3cnn4CC(O)CO)CCCC2)c1. The molecule has 4 rings (SSSR count). The molecule has 1 aromatic carbocycles. The Hall–Kier alpha value is -3.04. The van der Waals surface area contributed by atoms with Gasteiger partial charge >= 0.3 is 0 Å². The fourth-order valence-electron chi connectivity index (χ4n) is 4.26. The number of rotatable bonds is 8. The number of nitrogens with two attached hydrogens (primary N) is 1. The molecule has 0 aliphatic heterocycles. The van der Waals surface area contributed by atoms with Gasteiger partial charge < -0.3 is 21.3 Å². The van der Waals surface area contributed by atoms with Crippen molar-refractivity contribution in [1.29, 1.82) is 0 Å². The number of hydrogen-bond acceptors (Lipinski definition) is 7. The smallest absolute Gasteiger partial charge is 0.248 e. The maximum atomic E-state index is 11.6. The first-order valence-electron chi connectivity index (χ1n) is 10.1. The van der Waals surface area contributed by atoms with Crippen LogP contribution in [-0.2, 0) is 13.0 Å². The number of hydrogen-bond donors (Lipinski definition) is 4. The third kappa shape index (κ3) is 4.12. The van der Waals surface area contributed by atoms with Crippen LogP contribution in [-0.4, -0.2) is 54.1 Å². The zero-order chi connectivity index (χ0) is 21.1. The number of aliphatic hydroxyl groups excluding tert-OH is 2. The van der Waals surface area contributed by atoms with Crippen molar-refractivity contribution in [3.63, 3.8) is 0 Å². The van der Waals surface area contributed by atoms with Gasteiger partial charge in [0.15, 0.2) is 5.65 Å². The second-order valence-electron chi connectivity index (χ2n) is 7.98. The number of amides is 1. The monoisotopic (exact) mass is 410 g/mol. The first kappa shape index (κ1) is 20.2. The molecule has 1 fully saturated rings. The number of nitrogens with one attached hydrogen (secondary N) is 1. The number of carbonyl (C=O) groups is 1. The molecule has 1 amide bonds. The van der Waals surface area contributed by atoms with Crippen molar-refractivity contribution in [3.05, 3.63) is 47.9 Å². The Labute approximate surface area is 174 Å². The summed E-state index contributed by atoms with van der Waals surface area (Å²) in [6, 6.07) is 7.45. The minimum absolute atomic E-state index is 0.154. The molecule has 1 atom stereocenters. The number of nitrogens with zero attached hydrogens (tertiary/aromatic N) is 4. The summed E-state index contributed by atoms with van der Waals surface area (Å²) in [4.78, 5) is 20.3. The highest BCUT2D eigenvalue weighted by atomic mass is 16.3. The van der Waals surface area contributed by atoms with Crippen LogP contribution < -0.4 is 11.1 Å². The summed E-state index contributed by atoms with van der Waals surface area (Å²) in [7, 11) is 0. The average molecular weight is 410 g/mol. The molecule has 3 aromatic rings. The molecule has 2 heterocycles. The van der Waals surface area contributed by atoms with Crippen LogP contribution in [0.1, 0.15) is 41.6 Å². The second kappa shape index (κ2) is 8.37. The lowest BCUT2D eigenvalue weighted by Gasteiger charge is -2.31. The summed E-state index contributed by atoms with van der Waals surface area (Å²) in [5.41, 5.74) is 7.41. The Balaban J connectivity index is 1.63. The largest absolute Gasteiger partial charge is 0.394 e. The van der Waals surface area contributed by atoms with Gasteiger partial charge in [-0.05, 0) is 37.0 Å². The summed E-state index contributed by atoms with van der Waals surface area (Å²) >= 11 is 0.